The summed E-state index contributed by atoms with van der Waals surface area (Å²) >= 11 is 5.76. The lowest BCUT2D eigenvalue weighted by molar-refractivity contribution is -0.141. The molecule has 15 heavy (non-hydrogen) atoms. The number of nitrogens with two attached hydrogens (primary N) is 1. The first-order valence-electron chi connectivity index (χ1n) is 4.41. The number of rotatable bonds is 4. The zero-order valence-electron chi connectivity index (χ0n) is 7.91. The topological polar surface area (TPSA) is 63.3 Å². The quantitative estimate of drug-likeness (QED) is 0.829. The molecule has 82 valence electrons. The third kappa shape index (κ3) is 3.18. The molecule has 1 unspecified atom stereocenters. The summed E-state index contributed by atoms with van der Waals surface area (Å²) < 4.78 is 12.7. The molecular weight excluding hydrogens is 221 g/mol. The van der Waals surface area contributed by atoms with E-state index in [1.807, 2.05) is 0 Å². The van der Waals surface area contributed by atoms with Crippen molar-refractivity contribution in [3.63, 3.8) is 0 Å². The molecule has 0 amide bonds. The van der Waals surface area contributed by atoms with E-state index in [1.165, 1.54) is 12.1 Å². The number of carbonyl (C=O) groups is 1. The average molecular weight is 232 g/mol. The predicted molar refractivity (Wildman–Crippen MR) is 55.3 cm³/mol. The van der Waals surface area contributed by atoms with Gasteiger partial charge in [0.1, 0.15) is 5.82 Å². The van der Waals surface area contributed by atoms with Gasteiger partial charge >= 0.3 is 5.97 Å². The van der Waals surface area contributed by atoms with E-state index in [0.29, 0.717) is 5.56 Å². The molecule has 0 aliphatic rings. The van der Waals surface area contributed by atoms with Crippen molar-refractivity contribution in [1.82, 2.24) is 0 Å². The number of hydrogen-bond donors (Lipinski definition) is 2. The lowest BCUT2D eigenvalue weighted by Gasteiger charge is -2.10. The van der Waals surface area contributed by atoms with Crippen molar-refractivity contribution in [2.45, 2.75) is 6.42 Å². The van der Waals surface area contributed by atoms with E-state index < -0.39 is 17.7 Å². The van der Waals surface area contributed by atoms with Crippen LogP contribution in [-0.4, -0.2) is 17.6 Å². The van der Waals surface area contributed by atoms with Crippen LogP contribution in [0.2, 0.25) is 5.02 Å². The Bertz CT molecular complexity index is 370. The molecule has 1 aromatic rings. The first-order valence-corrected chi connectivity index (χ1v) is 4.79. The maximum atomic E-state index is 12.7. The second-order valence-electron chi connectivity index (χ2n) is 3.21. The summed E-state index contributed by atoms with van der Waals surface area (Å²) in [5.74, 6) is -2.10. The van der Waals surface area contributed by atoms with Crippen molar-refractivity contribution in [3.8, 4) is 0 Å². The standard InChI is InChI=1S/C10H11ClFNO2/c11-9-4-8(12)2-1-6(9)3-7(5-13)10(14)15/h1-2,4,7H,3,5,13H2,(H,14,15). The highest BCUT2D eigenvalue weighted by Gasteiger charge is 2.17. The molecule has 0 aliphatic carbocycles. The Morgan fingerprint density at radius 3 is 2.73 bits per heavy atom. The van der Waals surface area contributed by atoms with Gasteiger partial charge in [-0.15, -0.1) is 0 Å². The number of carboxylic acids is 1. The fourth-order valence-electron chi connectivity index (χ4n) is 1.22. The summed E-state index contributed by atoms with van der Waals surface area (Å²) in [7, 11) is 0. The second kappa shape index (κ2) is 5.09. The number of halogens is 2. The highest BCUT2D eigenvalue weighted by atomic mass is 35.5. The lowest BCUT2D eigenvalue weighted by atomic mass is 9.99. The summed E-state index contributed by atoms with van der Waals surface area (Å²) in [4.78, 5) is 10.7. The summed E-state index contributed by atoms with van der Waals surface area (Å²) in [5.41, 5.74) is 5.90. The number of carboxylic acid groups (broad SMARTS) is 1. The smallest absolute Gasteiger partial charge is 0.308 e. The monoisotopic (exact) mass is 231 g/mol. The fourth-order valence-corrected chi connectivity index (χ4v) is 1.47. The summed E-state index contributed by atoms with van der Waals surface area (Å²) in [6.07, 6.45) is 0.213. The third-order valence-electron chi connectivity index (χ3n) is 2.12. The molecule has 0 bridgehead atoms. The van der Waals surface area contributed by atoms with Crippen LogP contribution < -0.4 is 5.73 Å². The van der Waals surface area contributed by atoms with Gasteiger partial charge in [-0.2, -0.15) is 0 Å². The number of aliphatic carboxylic acids is 1. The van der Waals surface area contributed by atoms with E-state index in [0.717, 1.165) is 6.07 Å². The lowest BCUT2D eigenvalue weighted by Crippen LogP contribution is -2.25. The van der Waals surface area contributed by atoms with E-state index in [-0.39, 0.29) is 18.0 Å². The normalized spacial score (nSPS) is 12.5. The first-order chi connectivity index (χ1) is 7.04. The molecule has 1 aromatic carbocycles. The summed E-state index contributed by atoms with van der Waals surface area (Å²) in [5, 5.41) is 9.01. The Morgan fingerprint density at radius 1 is 1.60 bits per heavy atom. The summed E-state index contributed by atoms with van der Waals surface area (Å²) in [6.45, 7) is 0.0308. The Balaban J connectivity index is 2.84. The molecule has 0 radical (unpaired) electrons. The molecule has 1 atom stereocenters. The molecule has 0 saturated heterocycles. The van der Waals surface area contributed by atoms with Gasteiger partial charge in [-0.1, -0.05) is 17.7 Å². The van der Waals surface area contributed by atoms with Gasteiger partial charge in [-0.3, -0.25) is 4.79 Å². The van der Waals surface area contributed by atoms with Crippen LogP contribution >= 0.6 is 11.6 Å². The maximum Gasteiger partial charge on any atom is 0.308 e. The minimum absolute atomic E-state index is 0.0308. The minimum Gasteiger partial charge on any atom is -0.481 e. The van der Waals surface area contributed by atoms with Gasteiger partial charge in [0.25, 0.3) is 0 Å². The van der Waals surface area contributed by atoms with Crippen LogP contribution in [0.15, 0.2) is 18.2 Å². The molecule has 1 rings (SSSR count). The van der Waals surface area contributed by atoms with Crippen LogP contribution in [0.3, 0.4) is 0 Å². The summed E-state index contributed by atoms with van der Waals surface area (Å²) in [6, 6.07) is 3.88. The zero-order chi connectivity index (χ0) is 11.4. The van der Waals surface area contributed by atoms with E-state index in [2.05, 4.69) is 0 Å². The maximum absolute atomic E-state index is 12.7. The second-order valence-corrected chi connectivity index (χ2v) is 3.62. The van der Waals surface area contributed by atoms with Crippen LogP contribution in [0.25, 0.3) is 0 Å². The first kappa shape index (κ1) is 11.9. The zero-order valence-corrected chi connectivity index (χ0v) is 8.67. The molecule has 3 nitrogen and oxygen atoms in total. The van der Waals surface area contributed by atoms with Gasteiger partial charge in [0.2, 0.25) is 0 Å². The Morgan fingerprint density at radius 2 is 2.27 bits per heavy atom. The SMILES string of the molecule is NCC(Cc1ccc(F)cc1Cl)C(=O)O. The number of benzene rings is 1. The largest absolute Gasteiger partial charge is 0.481 e. The van der Waals surface area contributed by atoms with Gasteiger partial charge in [0.15, 0.2) is 0 Å². The minimum atomic E-state index is -0.974. The average Bonchev–Trinajstić information content (AvgIpc) is 2.16. The van der Waals surface area contributed by atoms with Crippen molar-refractivity contribution in [2.75, 3.05) is 6.54 Å². The van der Waals surface area contributed by atoms with Crippen molar-refractivity contribution >= 4 is 17.6 Å². The Hall–Kier alpha value is -1.13. The molecule has 0 heterocycles. The predicted octanol–water partition coefficient (Wildman–Crippen LogP) is 1.68. The van der Waals surface area contributed by atoms with E-state index in [1.54, 1.807) is 0 Å². The van der Waals surface area contributed by atoms with Crippen molar-refractivity contribution in [1.29, 1.82) is 0 Å². The molecule has 5 heteroatoms. The molecular formula is C10H11ClFNO2. The highest BCUT2D eigenvalue weighted by Crippen LogP contribution is 2.20. The third-order valence-corrected chi connectivity index (χ3v) is 2.47. The van der Waals surface area contributed by atoms with Crippen LogP contribution in [0, 0.1) is 11.7 Å². The molecule has 0 aliphatic heterocycles. The van der Waals surface area contributed by atoms with Crippen molar-refractivity contribution in [3.05, 3.63) is 34.6 Å². The molecule has 0 saturated carbocycles. The van der Waals surface area contributed by atoms with Crippen LogP contribution in [-0.2, 0) is 11.2 Å². The van der Waals surface area contributed by atoms with Gasteiger partial charge in [-0.25, -0.2) is 4.39 Å². The molecule has 0 aromatic heterocycles. The van der Waals surface area contributed by atoms with Gasteiger partial charge in [0, 0.05) is 11.6 Å². The highest BCUT2D eigenvalue weighted by molar-refractivity contribution is 6.31. The Labute approximate surface area is 91.7 Å². The van der Waals surface area contributed by atoms with E-state index in [4.69, 9.17) is 22.4 Å². The van der Waals surface area contributed by atoms with Crippen LogP contribution in [0.1, 0.15) is 5.56 Å². The van der Waals surface area contributed by atoms with Crippen LogP contribution in [0.5, 0.6) is 0 Å². The van der Waals surface area contributed by atoms with Gasteiger partial charge < -0.3 is 10.8 Å². The van der Waals surface area contributed by atoms with Crippen molar-refractivity contribution in [2.24, 2.45) is 11.7 Å². The number of hydrogen-bond acceptors (Lipinski definition) is 2. The fraction of sp³-hybridized carbons (Fsp3) is 0.300. The van der Waals surface area contributed by atoms with Crippen LogP contribution in [0.4, 0.5) is 4.39 Å². The molecule has 0 fully saturated rings. The van der Waals surface area contributed by atoms with Gasteiger partial charge in [-0.05, 0) is 24.1 Å². The Kier molecular flexibility index (Phi) is 4.05. The van der Waals surface area contributed by atoms with Gasteiger partial charge in [0.05, 0.1) is 5.92 Å². The molecule has 0 spiro atoms. The van der Waals surface area contributed by atoms with E-state index in [9.17, 15) is 9.18 Å². The molecule has 3 N–H and O–H groups in total. The van der Waals surface area contributed by atoms with E-state index >= 15 is 0 Å². The van der Waals surface area contributed by atoms with Crippen molar-refractivity contribution < 1.29 is 14.3 Å².